The molecule has 0 radical (unpaired) electrons. The van der Waals surface area contributed by atoms with E-state index in [0.29, 0.717) is 30.1 Å². The summed E-state index contributed by atoms with van der Waals surface area (Å²) in [5.74, 6) is 2.88. The monoisotopic (exact) mass is 418 g/mol. The number of pyridine rings is 1. The molecule has 2 aliphatic rings. The molecule has 164 valence electrons. The van der Waals surface area contributed by atoms with Gasteiger partial charge in [0.1, 0.15) is 5.82 Å². The molecule has 5 nitrogen and oxygen atoms in total. The molecule has 2 aromatic rings. The van der Waals surface area contributed by atoms with Gasteiger partial charge in [-0.3, -0.25) is 9.78 Å². The predicted octanol–water partition coefficient (Wildman–Crippen LogP) is 5.41. The minimum Gasteiger partial charge on any atom is -0.356 e. The molecule has 4 rings (SSSR count). The number of carbonyl (C=O) groups excluding carboxylic acids is 1. The minimum absolute atomic E-state index is 0.205. The van der Waals surface area contributed by atoms with Gasteiger partial charge in [-0.2, -0.15) is 0 Å². The lowest BCUT2D eigenvalue weighted by molar-refractivity contribution is -0.121. The highest BCUT2D eigenvalue weighted by molar-refractivity contribution is 5.76. The SMILES string of the molecule is CC(C)c1ncc(-c2ccncc2)c(C2CCC(CNC(=O)C[C@H]3C=CCC3)CC2)n1. The fourth-order valence-corrected chi connectivity index (χ4v) is 4.83. The van der Waals surface area contributed by atoms with E-state index in [9.17, 15) is 4.79 Å². The van der Waals surface area contributed by atoms with Crippen LogP contribution in [0.1, 0.15) is 82.1 Å². The molecule has 2 aromatic heterocycles. The van der Waals surface area contributed by atoms with Crippen LogP contribution in [0.3, 0.4) is 0 Å². The van der Waals surface area contributed by atoms with Crippen LogP contribution in [0, 0.1) is 11.8 Å². The fraction of sp³-hybridized carbons (Fsp3) is 0.538. The van der Waals surface area contributed by atoms with Crippen molar-refractivity contribution < 1.29 is 4.79 Å². The first-order valence-corrected chi connectivity index (χ1v) is 11.8. The van der Waals surface area contributed by atoms with Crippen molar-refractivity contribution >= 4 is 5.91 Å². The van der Waals surface area contributed by atoms with Gasteiger partial charge in [0.05, 0.1) is 5.69 Å². The van der Waals surface area contributed by atoms with Crippen LogP contribution in [0.5, 0.6) is 0 Å². The summed E-state index contributed by atoms with van der Waals surface area (Å²) >= 11 is 0. The highest BCUT2D eigenvalue weighted by Crippen LogP contribution is 2.39. The van der Waals surface area contributed by atoms with E-state index < -0.39 is 0 Å². The number of allylic oxidation sites excluding steroid dienone is 2. The Morgan fingerprint density at radius 2 is 1.90 bits per heavy atom. The average molecular weight is 419 g/mol. The summed E-state index contributed by atoms with van der Waals surface area (Å²) in [6, 6.07) is 4.08. The summed E-state index contributed by atoms with van der Waals surface area (Å²) in [4.78, 5) is 26.1. The van der Waals surface area contributed by atoms with Crippen LogP contribution in [-0.4, -0.2) is 27.4 Å². The maximum absolute atomic E-state index is 12.3. The van der Waals surface area contributed by atoms with Gasteiger partial charge in [0.15, 0.2) is 0 Å². The Kier molecular flexibility index (Phi) is 7.10. The minimum atomic E-state index is 0.205. The third-order valence-corrected chi connectivity index (χ3v) is 6.73. The normalized spacial score (nSPS) is 23.3. The number of hydrogen-bond donors (Lipinski definition) is 1. The first-order chi connectivity index (χ1) is 15.1. The second-order valence-electron chi connectivity index (χ2n) is 9.41. The fourth-order valence-electron chi connectivity index (χ4n) is 4.83. The number of nitrogens with zero attached hydrogens (tertiary/aromatic N) is 3. The number of amides is 1. The van der Waals surface area contributed by atoms with Gasteiger partial charge < -0.3 is 5.32 Å². The Hall–Kier alpha value is -2.56. The summed E-state index contributed by atoms with van der Waals surface area (Å²) in [7, 11) is 0. The molecule has 1 atom stereocenters. The molecule has 0 spiro atoms. The molecule has 0 saturated heterocycles. The Morgan fingerprint density at radius 3 is 2.58 bits per heavy atom. The molecule has 5 heteroatoms. The number of hydrogen-bond acceptors (Lipinski definition) is 4. The number of nitrogens with one attached hydrogen (secondary N) is 1. The van der Waals surface area contributed by atoms with Crippen LogP contribution in [-0.2, 0) is 4.79 Å². The van der Waals surface area contributed by atoms with Gasteiger partial charge in [0.2, 0.25) is 5.91 Å². The predicted molar refractivity (Wildman–Crippen MR) is 124 cm³/mol. The summed E-state index contributed by atoms with van der Waals surface area (Å²) in [6.45, 7) is 5.10. The zero-order chi connectivity index (χ0) is 21.6. The Bertz CT molecular complexity index is 901. The van der Waals surface area contributed by atoms with E-state index >= 15 is 0 Å². The Balaban J connectivity index is 1.38. The standard InChI is InChI=1S/C26H34N4O/c1-18(2)26-29-17-23(21-11-13-27-14-12-21)25(30-26)22-9-7-20(8-10-22)16-28-24(31)15-19-5-3-4-6-19/h3,5,11-14,17-20,22H,4,6-10,15-16H2,1-2H3,(H,28,31)/t19-,20?,22?/m0/s1. The van der Waals surface area contributed by atoms with Gasteiger partial charge in [0.25, 0.3) is 0 Å². The number of aromatic nitrogens is 3. The second-order valence-corrected chi connectivity index (χ2v) is 9.41. The van der Waals surface area contributed by atoms with Gasteiger partial charge in [-0.25, -0.2) is 9.97 Å². The van der Waals surface area contributed by atoms with Crippen molar-refractivity contribution in [2.75, 3.05) is 6.54 Å². The van der Waals surface area contributed by atoms with Gasteiger partial charge in [-0.1, -0.05) is 26.0 Å². The van der Waals surface area contributed by atoms with E-state index in [-0.39, 0.29) is 5.91 Å². The zero-order valence-electron chi connectivity index (χ0n) is 18.8. The van der Waals surface area contributed by atoms with E-state index in [0.717, 1.165) is 62.0 Å². The van der Waals surface area contributed by atoms with E-state index in [4.69, 9.17) is 4.98 Å². The van der Waals surface area contributed by atoms with E-state index in [1.165, 1.54) is 5.69 Å². The molecule has 0 bridgehead atoms. The van der Waals surface area contributed by atoms with Crippen LogP contribution >= 0.6 is 0 Å². The van der Waals surface area contributed by atoms with Crippen molar-refractivity contribution in [3.8, 4) is 11.1 Å². The lowest BCUT2D eigenvalue weighted by Gasteiger charge is -2.30. The average Bonchev–Trinajstić information content (AvgIpc) is 3.31. The summed E-state index contributed by atoms with van der Waals surface area (Å²) in [5, 5.41) is 3.19. The maximum Gasteiger partial charge on any atom is 0.220 e. The lowest BCUT2D eigenvalue weighted by Crippen LogP contribution is -2.32. The van der Waals surface area contributed by atoms with Gasteiger partial charge >= 0.3 is 0 Å². The number of carbonyl (C=O) groups is 1. The lowest BCUT2D eigenvalue weighted by atomic mass is 9.79. The Labute approximate surface area is 185 Å². The van der Waals surface area contributed by atoms with Crippen LogP contribution < -0.4 is 5.32 Å². The van der Waals surface area contributed by atoms with Crippen LogP contribution in [0.25, 0.3) is 11.1 Å². The quantitative estimate of drug-likeness (QED) is 0.611. The zero-order valence-corrected chi connectivity index (χ0v) is 18.8. The molecule has 0 unspecified atom stereocenters. The first kappa shape index (κ1) is 21.7. The molecule has 0 aromatic carbocycles. The molecule has 1 N–H and O–H groups in total. The van der Waals surface area contributed by atoms with E-state index in [2.05, 4.69) is 41.3 Å². The Morgan fingerprint density at radius 1 is 1.13 bits per heavy atom. The van der Waals surface area contributed by atoms with Crippen molar-refractivity contribution in [2.45, 2.75) is 70.6 Å². The molecule has 2 aliphatic carbocycles. The third-order valence-electron chi connectivity index (χ3n) is 6.73. The van der Waals surface area contributed by atoms with Gasteiger partial charge in [0, 0.05) is 49.0 Å². The number of rotatable bonds is 7. The van der Waals surface area contributed by atoms with Crippen molar-refractivity contribution in [3.05, 3.63) is 54.4 Å². The van der Waals surface area contributed by atoms with Crippen molar-refractivity contribution in [1.29, 1.82) is 0 Å². The molecule has 1 fully saturated rings. The largest absolute Gasteiger partial charge is 0.356 e. The summed E-state index contributed by atoms with van der Waals surface area (Å²) in [5.41, 5.74) is 3.45. The van der Waals surface area contributed by atoms with Gasteiger partial charge in [-0.15, -0.1) is 0 Å². The van der Waals surface area contributed by atoms with Gasteiger partial charge in [-0.05, 0) is 68.1 Å². The summed E-state index contributed by atoms with van der Waals surface area (Å²) in [6.07, 6.45) is 17.4. The topological polar surface area (TPSA) is 67.8 Å². The second kappa shape index (κ2) is 10.2. The van der Waals surface area contributed by atoms with Crippen LogP contribution in [0.2, 0.25) is 0 Å². The molecular weight excluding hydrogens is 384 g/mol. The van der Waals surface area contributed by atoms with Crippen molar-refractivity contribution in [3.63, 3.8) is 0 Å². The molecule has 1 saturated carbocycles. The van der Waals surface area contributed by atoms with E-state index in [1.807, 2.05) is 30.7 Å². The third kappa shape index (κ3) is 5.57. The maximum atomic E-state index is 12.3. The highest BCUT2D eigenvalue weighted by atomic mass is 16.1. The molecule has 2 heterocycles. The van der Waals surface area contributed by atoms with Crippen LogP contribution in [0.15, 0.2) is 42.9 Å². The molecular formula is C26H34N4O. The van der Waals surface area contributed by atoms with Crippen molar-refractivity contribution in [2.24, 2.45) is 11.8 Å². The van der Waals surface area contributed by atoms with Crippen molar-refractivity contribution in [1.82, 2.24) is 20.3 Å². The molecule has 1 amide bonds. The molecule has 0 aliphatic heterocycles. The van der Waals surface area contributed by atoms with E-state index in [1.54, 1.807) is 0 Å². The first-order valence-electron chi connectivity index (χ1n) is 11.8. The smallest absolute Gasteiger partial charge is 0.220 e. The van der Waals surface area contributed by atoms with Crippen LogP contribution in [0.4, 0.5) is 0 Å². The highest BCUT2D eigenvalue weighted by Gasteiger charge is 2.27. The summed E-state index contributed by atoms with van der Waals surface area (Å²) < 4.78 is 0. The molecule has 31 heavy (non-hydrogen) atoms.